The molecule has 8 heteroatoms. The zero-order valence-electron chi connectivity index (χ0n) is 15.1. The quantitative estimate of drug-likeness (QED) is 0.606. The van der Waals surface area contributed by atoms with Gasteiger partial charge in [0, 0.05) is 22.9 Å². The van der Waals surface area contributed by atoms with Crippen molar-refractivity contribution in [1.29, 1.82) is 0 Å². The number of amides is 1. The Labute approximate surface area is 167 Å². The minimum absolute atomic E-state index is 0.0283. The fourth-order valence-electron chi connectivity index (χ4n) is 2.40. The van der Waals surface area contributed by atoms with Gasteiger partial charge in [0.05, 0.1) is 5.75 Å². The van der Waals surface area contributed by atoms with Crippen LogP contribution in [0.15, 0.2) is 53.8 Å². The van der Waals surface area contributed by atoms with Crippen LogP contribution in [-0.2, 0) is 4.79 Å². The SMILES string of the molecule is CC[C@@H](C)NC(=O)CSc1nnc(-c2ccccn2)n1-c1ccc(Cl)cc1. The lowest BCUT2D eigenvalue weighted by Crippen LogP contribution is -2.33. The molecule has 0 unspecified atom stereocenters. The number of pyridine rings is 1. The Hall–Kier alpha value is -2.38. The summed E-state index contributed by atoms with van der Waals surface area (Å²) in [4.78, 5) is 16.5. The fourth-order valence-corrected chi connectivity index (χ4v) is 3.28. The Morgan fingerprint density at radius 3 is 2.67 bits per heavy atom. The highest BCUT2D eigenvalue weighted by Crippen LogP contribution is 2.27. The molecule has 0 saturated heterocycles. The van der Waals surface area contributed by atoms with Crippen LogP contribution in [0.2, 0.25) is 5.02 Å². The second-order valence-electron chi connectivity index (χ2n) is 6.00. The van der Waals surface area contributed by atoms with Crippen LogP contribution >= 0.6 is 23.4 Å². The van der Waals surface area contributed by atoms with Crippen LogP contribution in [-0.4, -0.2) is 37.5 Å². The van der Waals surface area contributed by atoms with Crippen molar-refractivity contribution >= 4 is 29.3 Å². The molecular weight excluding hydrogens is 382 g/mol. The lowest BCUT2D eigenvalue weighted by Gasteiger charge is -2.12. The van der Waals surface area contributed by atoms with Gasteiger partial charge in [-0.05, 0) is 49.7 Å². The molecule has 27 heavy (non-hydrogen) atoms. The van der Waals surface area contributed by atoms with Gasteiger partial charge in [0.15, 0.2) is 11.0 Å². The number of carbonyl (C=O) groups excluding carboxylic acids is 1. The van der Waals surface area contributed by atoms with E-state index in [1.54, 1.807) is 6.20 Å². The van der Waals surface area contributed by atoms with Gasteiger partial charge in [-0.25, -0.2) is 0 Å². The number of hydrogen-bond donors (Lipinski definition) is 1. The summed E-state index contributed by atoms with van der Waals surface area (Å²) in [5.74, 6) is 0.848. The van der Waals surface area contributed by atoms with E-state index in [0.29, 0.717) is 21.7 Å². The Balaban J connectivity index is 1.91. The van der Waals surface area contributed by atoms with E-state index < -0.39 is 0 Å². The lowest BCUT2D eigenvalue weighted by atomic mass is 10.3. The molecule has 140 valence electrons. The first-order chi connectivity index (χ1) is 13.1. The summed E-state index contributed by atoms with van der Waals surface area (Å²) in [5.41, 5.74) is 1.56. The highest BCUT2D eigenvalue weighted by molar-refractivity contribution is 7.99. The average Bonchev–Trinajstić information content (AvgIpc) is 3.11. The first-order valence-electron chi connectivity index (χ1n) is 8.63. The van der Waals surface area contributed by atoms with Crippen LogP contribution in [0.5, 0.6) is 0 Å². The Morgan fingerprint density at radius 2 is 2.00 bits per heavy atom. The van der Waals surface area contributed by atoms with Gasteiger partial charge < -0.3 is 5.32 Å². The van der Waals surface area contributed by atoms with E-state index in [9.17, 15) is 4.79 Å². The molecule has 1 atom stereocenters. The number of rotatable bonds is 7. The number of nitrogens with zero attached hydrogens (tertiary/aromatic N) is 4. The summed E-state index contributed by atoms with van der Waals surface area (Å²) in [6, 6.07) is 13.2. The van der Waals surface area contributed by atoms with E-state index in [-0.39, 0.29) is 17.7 Å². The van der Waals surface area contributed by atoms with Gasteiger partial charge in [-0.15, -0.1) is 10.2 Å². The summed E-state index contributed by atoms with van der Waals surface area (Å²) >= 11 is 7.36. The molecule has 0 fully saturated rings. The van der Waals surface area contributed by atoms with Gasteiger partial charge in [0.25, 0.3) is 0 Å². The lowest BCUT2D eigenvalue weighted by molar-refractivity contribution is -0.119. The van der Waals surface area contributed by atoms with Crippen LogP contribution in [0.1, 0.15) is 20.3 Å². The standard InChI is InChI=1S/C19H20ClN5OS/c1-3-13(2)22-17(26)12-27-19-24-23-18(16-6-4-5-11-21-16)25(19)15-9-7-14(20)8-10-15/h4-11,13H,3,12H2,1-2H3,(H,22,26)/t13-/m1/s1. The van der Waals surface area contributed by atoms with Gasteiger partial charge in [0.2, 0.25) is 5.91 Å². The van der Waals surface area contributed by atoms with E-state index in [1.807, 2.05) is 60.9 Å². The Bertz CT molecular complexity index is 898. The Kier molecular flexibility index (Phi) is 6.47. The monoisotopic (exact) mass is 401 g/mol. The Morgan fingerprint density at radius 1 is 1.22 bits per heavy atom. The van der Waals surface area contributed by atoms with Crippen molar-refractivity contribution < 1.29 is 4.79 Å². The molecule has 0 aliphatic rings. The third kappa shape index (κ3) is 4.87. The molecule has 0 aliphatic heterocycles. The van der Waals surface area contributed by atoms with Gasteiger partial charge in [0.1, 0.15) is 5.69 Å². The van der Waals surface area contributed by atoms with Crippen molar-refractivity contribution in [3.05, 3.63) is 53.7 Å². The smallest absolute Gasteiger partial charge is 0.230 e. The van der Waals surface area contributed by atoms with Crippen molar-refractivity contribution in [1.82, 2.24) is 25.1 Å². The van der Waals surface area contributed by atoms with Crippen LogP contribution < -0.4 is 5.32 Å². The number of aromatic nitrogens is 4. The molecule has 0 saturated carbocycles. The number of carbonyl (C=O) groups is 1. The first kappa shape index (κ1) is 19.4. The molecule has 6 nitrogen and oxygen atoms in total. The summed E-state index contributed by atoms with van der Waals surface area (Å²) in [5, 5.41) is 12.8. The van der Waals surface area contributed by atoms with Crippen molar-refractivity contribution in [2.75, 3.05) is 5.75 Å². The third-order valence-electron chi connectivity index (χ3n) is 3.96. The predicted octanol–water partition coefficient (Wildman–Crippen LogP) is 3.99. The largest absolute Gasteiger partial charge is 0.353 e. The summed E-state index contributed by atoms with van der Waals surface area (Å²) in [7, 11) is 0. The highest BCUT2D eigenvalue weighted by atomic mass is 35.5. The van der Waals surface area contributed by atoms with E-state index >= 15 is 0 Å². The molecule has 1 aromatic carbocycles. The van der Waals surface area contributed by atoms with Crippen LogP contribution in [0.4, 0.5) is 0 Å². The molecule has 0 radical (unpaired) electrons. The fraction of sp³-hybridized carbons (Fsp3) is 0.263. The first-order valence-corrected chi connectivity index (χ1v) is 9.99. The number of halogens is 1. The van der Waals surface area contributed by atoms with Crippen molar-refractivity contribution in [2.24, 2.45) is 0 Å². The number of benzene rings is 1. The van der Waals surface area contributed by atoms with Gasteiger partial charge in [-0.2, -0.15) is 0 Å². The summed E-state index contributed by atoms with van der Waals surface area (Å²) < 4.78 is 1.89. The maximum absolute atomic E-state index is 12.1. The topological polar surface area (TPSA) is 72.7 Å². The summed E-state index contributed by atoms with van der Waals surface area (Å²) in [6.07, 6.45) is 2.60. The molecule has 0 spiro atoms. The molecular formula is C19H20ClN5OS. The molecule has 1 N–H and O–H groups in total. The minimum atomic E-state index is -0.0283. The van der Waals surface area contributed by atoms with Gasteiger partial charge in [-0.1, -0.05) is 36.4 Å². The van der Waals surface area contributed by atoms with Gasteiger partial charge in [-0.3, -0.25) is 14.3 Å². The molecule has 3 aromatic rings. The maximum atomic E-state index is 12.1. The second kappa shape index (κ2) is 9.01. The normalized spacial score (nSPS) is 12.0. The number of thioether (sulfide) groups is 1. The minimum Gasteiger partial charge on any atom is -0.353 e. The van der Waals surface area contributed by atoms with Crippen molar-refractivity contribution in [3.8, 4) is 17.2 Å². The van der Waals surface area contributed by atoms with Crippen molar-refractivity contribution in [2.45, 2.75) is 31.5 Å². The van der Waals surface area contributed by atoms with Crippen LogP contribution in [0.25, 0.3) is 17.2 Å². The number of hydrogen-bond acceptors (Lipinski definition) is 5. The third-order valence-corrected chi connectivity index (χ3v) is 5.15. The zero-order chi connectivity index (χ0) is 19.2. The van der Waals surface area contributed by atoms with E-state index in [0.717, 1.165) is 12.1 Å². The maximum Gasteiger partial charge on any atom is 0.230 e. The molecule has 3 rings (SSSR count). The molecule has 0 bridgehead atoms. The van der Waals surface area contributed by atoms with Crippen molar-refractivity contribution in [3.63, 3.8) is 0 Å². The summed E-state index contributed by atoms with van der Waals surface area (Å²) in [6.45, 7) is 4.02. The van der Waals surface area contributed by atoms with E-state index in [2.05, 4.69) is 20.5 Å². The predicted molar refractivity (Wildman–Crippen MR) is 108 cm³/mol. The molecule has 2 aromatic heterocycles. The average molecular weight is 402 g/mol. The molecule has 0 aliphatic carbocycles. The molecule has 2 heterocycles. The second-order valence-corrected chi connectivity index (χ2v) is 7.38. The van der Waals surface area contributed by atoms with E-state index in [4.69, 9.17) is 11.6 Å². The van der Waals surface area contributed by atoms with E-state index in [1.165, 1.54) is 11.8 Å². The highest BCUT2D eigenvalue weighted by Gasteiger charge is 2.18. The molecule has 1 amide bonds. The van der Waals surface area contributed by atoms with Crippen LogP contribution in [0.3, 0.4) is 0 Å². The number of nitrogens with one attached hydrogen (secondary N) is 1. The zero-order valence-corrected chi connectivity index (χ0v) is 16.7. The van der Waals surface area contributed by atoms with Crippen LogP contribution in [0, 0.1) is 0 Å². The van der Waals surface area contributed by atoms with Gasteiger partial charge >= 0.3 is 0 Å².